The first-order valence-corrected chi connectivity index (χ1v) is 8.29. The van der Waals surface area contributed by atoms with Crippen LogP contribution >= 0.6 is 15.9 Å². The van der Waals surface area contributed by atoms with E-state index in [4.69, 9.17) is 5.73 Å². The van der Waals surface area contributed by atoms with E-state index in [0.717, 1.165) is 5.69 Å². The highest BCUT2D eigenvalue weighted by molar-refractivity contribution is 9.10. The van der Waals surface area contributed by atoms with E-state index in [1.165, 1.54) is 18.2 Å². The van der Waals surface area contributed by atoms with Crippen molar-refractivity contribution >= 4 is 33.2 Å². The van der Waals surface area contributed by atoms with Crippen molar-refractivity contribution in [2.75, 3.05) is 36.0 Å². The summed E-state index contributed by atoms with van der Waals surface area (Å²) in [6, 6.07) is 9.26. The summed E-state index contributed by atoms with van der Waals surface area (Å²) < 4.78 is 27.7. The lowest BCUT2D eigenvalue weighted by Gasteiger charge is -2.38. The summed E-state index contributed by atoms with van der Waals surface area (Å²) in [5, 5.41) is 0. The van der Waals surface area contributed by atoms with Gasteiger partial charge in [-0.15, -0.1) is 0 Å². The van der Waals surface area contributed by atoms with Crippen LogP contribution in [0.2, 0.25) is 0 Å². The molecule has 0 saturated carbocycles. The van der Waals surface area contributed by atoms with Gasteiger partial charge in [-0.25, -0.2) is 8.78 Å². The number of halogens is 3. The first kappa shape index (κ1) is 16.7. The van der Waals surface area contributed by atoms with Gasteiger partial charge in [-0.1, -0.05) is 15.9 Å². The van der Waals surface area contributed by atoms with Crippen LogP contribution in [0.15, 0.2) is 40.9 Å². The largest absolute Gasteiger partial charge is 0.368 e. The molecule has 4 nitrogen and oxygen atoms in total. The third-order valence-electron chi connectivity index (χ3n) is 4.09. The normalized spacial score (nSPS) is 14.8. The molecule has 0 spiro atoms. The van der Waals surface area contributed by atoms with Gasteiger partial charge in [0.25, 0.3) is 5.91 Å². The van der Waals surface area contributed by atoms with Crippen molar-refractivity contribution in [2.45, 2.75) is 0 Å². The van der Waals surface area contributed by atoms with Gasteiger partial charge in [0, 0.05) is 36.3 Å². The summed E-state index contributed by atoms with van der Waals surface area (Å²) >= 11 is 3.25. The minimum Gasteiger partial charge on any atom is -0.368 e. The highest BCUT2D eigenvalue weighted by Crippen LogP contribution is 2.29. The fourth-order valence-electron chi connectivity index (χ4n) is 2.91. The van der Waals surface area contributed by atoms with Crippen molar-refractivity contribution in [2.24, 2.45) is 5.73 Å². The Hall–Kier alpha value is -2.15. The maximum absolute atomic E-state index is 14.1. The molecule has 1 heterocycles. The number of primary amides is 1. The van der Waals surface area contributed by atoms with Gasteiger partial charge in [0.1, 0.15) is 11.6 Å². The molecule has 1 aliphatic heterocycles. The maximum atomic E-state index is 14.1. The molecule has 0 aliphatic carbocycles. The van der Waals surface area contributed by atoms with Crippen molar-refractivity contribution in [3.8, 4) is 0 Å². The molecule has 24 heavy (non-hydrogen) atoms. The molecule has 0 radical (unpaired) electrons. The molecule has 0 atom stereocenters. The van der Waals surface area contributed by atoms with E-state index in [9.17, 15) is 13.6 Å². The Kier molecular flexibility index (Phi) is 4.71. The minimum absolute atomic E-state index is 0.0894. The third kappa shape index (κ3) is 3.36. The number of nitrogens with two attached hydrogens (primary N) is 1. The van der Waals surface area contributed by atoms with E-state index in [-0.39, 0.29) is 11.4 Å². The topological polar surface area (TPSA) is 49.6 Å². The van der Waals surface area contributed by atoms with Crippen LogP contribution in [0.1, 0.15) is 10.4 Å². The second-order valence-corrected chi connectivity index (χ2v) is 6.51. The van der Waals surface area contributed by atoms with Crippen molar-refractivity contribution < 1.29 is 13.6 Å². The molecule has 2 aromatic rings. The predicted molar refractivity (Wildman–Crippen MR) is 93.4 cm³/mol. The Morgan fingerprint density at radius 3 is 2.17 bits per heavy atom. The van der Waals surface area contributed by atoms with Crippen LogP contribution in [-0.2, 0) is 0 Å². The van der Waals surface area contributed by atoms with Crippen LogP contribution in [0.25, 0.3) is 0 Å². The number of amides is 1. The Balaban J connectivity index is 1.80. The van der Waals surface area contributed by atoms with Gasteiger partial charge in [-0.3, -0.25) is 4.79 Å². The minimum atomic E-state index is -0.782. The zero-order chi connectivity index (χ0) is 17.3. The molecule has 1 amide bonds. The standard InChI is InChI=1S/C17H16BrF2N3O/c18-11-9-14(20)16(17(21)24)15(10-11)23-7-5-22(6-8-23)13-3-1-12(19)2-4-13/h1-4,9-10H,5-8H2,(H2,21,24). The zero-order valence-corrected chi connectivity index (χ0v) is 14.4. The molecule has 1 saturated heterocycles. The number of carbonyl (C=O) groups excluding carboxylic acids is 1. The highest BCUT2D eigenvalue weighted by Gasteiger charge is 2.24. The van der Waals surface area contributed by atoms with Gasteiger partial charge in [0.05, 0.1) is 11.3 Å². The summed E-state index contributed by atoms with van der Waals surface area (Å²) in [5.41, 5.74) is 6.68. The molecule has 0 unspecified atom stereocenters. The monoisotopic (exact) mass is 395 g/mol. The van der Waals surface area contributed by atoms with E-state index < -0.39 is 11.7 Å². The second-order valence-electron chi connectivity index (χ2n) is 5.60. The maximum Gasteiger partial charge on any atom is 0.253 e. The van der Waals surface area contributed by atoms with E-state index in [1.807, 2.05) is 4.90 Å². The summed E-state index contributed by atoms with van der Waals surface area (Å²) in [7, 11) is 0. The quantitative estimate of drug-likeness (QED) is 0.868. The number of nitrogens with zero attached hydrogens (tertiary/aromatic N) is 2. The van der Waals surface area contributed by atoms with Gasteiger partial charge in [-0.2, -0.15) is 0 Å². The number of carbonyl (C=O) groups is 1. The van der Waals surface area contributed by atoms with Crippen LogP contribution in [0.5, 0.6) is 0 Å². The Bertz CT molecular complexity index is 759. The smallest absolute Gasteiger partial charge is 0.253 e. The number of benzene rings is 2. The van der Waals surface area contributed by atoms with E-state index in [1.54, 1.807) is 18.2 Å². The number of hydrogen-bond acceptors (Lipinski definition) is 3. The van der Waals surface area contributed by atoms with Gasteiger partial charge in [0.15, 0.2) is 0 Å². The Morgan fingerprint density at radius 1 is 1.00 bits per heavy atom. The van der Waals surface area contributed by atoms with Crippen molar-refractivity contribution in [1.29, 1.82) is 0 Å². The van der Waals surface area contributed by atoms with Crippen LogP contribution in [0.3, 0.4) is 0 Å². The number of piperazine rings is 1. The first-order valence-electron chi connectivity index (χ1n) is 7.50. The zero-order valence-electron chi connectivity index (χ0n) is 12.8. The van der Waals surface area contributed by atoms with E-state index >= 15 is 0 Å². The lowest BCUT2D eigenvalue weighted by Crippen LogP contribution is -2.47. The number of hydrogen-bond donors (Lipinski definition) is 1. The molecular weight excluding hydrogens is 380 g/mol. The van der Waals surface area contributed by atoms with Gasteiger partial charge < -0.3 is 15.5 Å². The average molecular weight is 396 g/mol. The van der Waals surface area contributed by atoms with Gasteiger partial charge >= 0.3 is 0 Å². The van der Waals surface area contributed by atoms with Crippen LogP contribution in [0.4, 0.5) is 20.2 Å². The van der Waals surface area contributed by atoms with E-state index in [2.05, 4.69) is 20.8 Å². The van der Waals surface area contributed by atoms with Crippen LogP contribution in [-0.4, -0.2) is 32.1 Å². The van der Waals surface area contributed by atoms with E-state index in [0.29, 0.717) is 36.3 Å². The summed E-state index contributed by atoms with van der Waals surface area (Å²) in [6.07, 6.45) is 0. The van der Waals surface area contributed by atoms with Gasteiger partial charge in [-0.05, 0) is 36.4 Å². The predicted octanol–water partition coefficient (Wildman–Crippen LogP) is 3.15. The summed E-state index contributed by atoms with van der Waals surface area (Å²) in [6.45, 7) is 2.57. The molecule has 0 bridgehead atoms. The summed E-state index contributed by atoms with van der Waals surface area (Å²) in [5.74, 6) is -1.68. The third-order valence-corrected chi connectivity index (χ3v) is 4.55. The van der Waals surface area contributed by atoms with Gasteiger partial charge in [0.2, 0.25) is 0 Å². The fraction of sp³-hybridized carbons (Fsp3) is 0.235. The molecule has 2 N–H and O–H groups in total. The molecular formula is C17H16BrF2N3O. The lowest BCUT2D eigenvalue weighted by molar-refractivity contribution is 0.0997. The Labute approximate surface area is 147 Å². The van der Waals surface area contributed by atoms with Crippen molar-refractivity contribution in [3.63, 3.8) is 0 Å². The SMILES string of the molecule is NC(=O)c1c(F)cc(Br)cc1N1CCN(c2ccc(F)cc2)CC1. The molecule has 3 rings (SSSR count). The number of rotatable bonds is 3. The molecule has 0 aromatic heterocycles. The molecule has 1 aliphatic rings. The molecule has 126 valence electrons. The lowest BCUT2D eigenvalue weighted by atomic mass is 10.1. The second kappa shape index (κ2) is 6.76. The van der Waals surface area contributed by atoms with Crippen molar-refractivity contribution in [1.82, 2.24) is 0 Å². The fourth-order valence-corrected chi connectivity index (χ4v) is 3.33. The van der Waals surface area contributed by atoms with Crippen LogP contribution in [0, 0.1) is 11.6 Å². The van der Waals surface area contributed by atoms with Crippen LogP contribution < -0.4 is 15.5 Å². The van der Waals surface area contributed by atoms with Crippen molar-refractivity contribution in [3.05, 3.63) is 58.1 Å². The first-order chi connectivity index (χ1) is 11.5. The highest BCUT2D eigenvalue weighted by atomic mass is 79.9. The molecule has 2 aromatic carbocycles. The Morgan fingerprint density at radius 2 is 1.58 bits per heavy atom. The summed E-state index contributed by atoms with van der Waals surface area (Å²) in [4.78, 5) is 15.7. The molecule has 1 fully saturated rings. The molecule has 7 heteroatoms. The number of anilines is 2. The average Bonchev–Trinajstić information content (AvgIpc) is 2.54.